The quantitative estimate of drug-likeness (QED) is 0.681. The summed E-state index contributed by atoms with van der Waals surface area (Å²) in [6, 6.07) is 5.09. The molecule has 1 aliphatic heterocycles. The van der Waals surface area contributed by atoms with Crippen molar-refractivity contribution in [2.45, 2.75) is 32.7 Å². The van der Waals surface area contributed by atoms with Crippen molar-refractivity contribution in [3.63, 3.8) is 0 Å². The van der Waals surface area contributed by atoms with Gasteiger partial charge in [0.05, 0.1) is 20.1 Å². The van der Waals surface area contributed by atoms with E-state index in [0.29, 0.717) is 23.6 Å². The molecule has 1 fully saturated rings. The van der Waals surface area contributed by atoms with Gasteiger partial charge in [0, 0.05) is 31.6 Å². The van der Waals surface area contributed by atoms with Gasteiger partial charge < -0.3 is 25.0 Å². The number of hydrogen-bond donors (Lipinski definition) is 2. The van der Waals surface area contributed by atoms with Crippen molar-refractivity contribution in [1.82, 2.24) is 15.5 Å². The molecule has 0 saturated carbocycles. The van der Waals surface area contributed by atoms with Gasteiger partial charge in [-0.1, -0.05) is 6.07 Å². The van der Waals surface area contributed by atoms with E-state index in [1.54, 1.807) is 23.1 Å². The molecule has 1 atom stereocenters. The number of hydrogen-bond acceptors (Lipinski definition) is 5. The number of nitrogens with zero attached hydrogens (tertiary/aromatic N) is 1. The Morgan fingerprint density at radius 1 is 1.11 bits per heavy atom. The van der Waals surface area contributed by atoms with E-state index in [9.17, 15) is 14.4 Å². The maximum atomic E-state index is 12.5. The van der Waals surface area contributed by atoms with E-state index >= 15 is 0 Å². The van der Waals surface area contributed by atoms with Gasteiger partial charge in [-0.25, -0.2) is 0 Å². The first kappa shape index (κ1) is 21.5. The number of nitrogens with one attached hydrogen (secondary N) is 2. The van der Waals surface area contributed by atoms with Crippen molar-refractivity contribution in [2.75, 3.05) is 33.9 Å². The summed E-state index contributed by atoms with van der Waals surface area (Å²) in [6.07, 6.45) is 0.216. The highest BCUT2D eigenvalue weighted by molar-refractivity contribution is 5.99. The highest BCUT2D eigenvalue weighted by Gasteiger charge is 2.39. The summed E-state index contributed by atoms with van der Waals surface area (Å²) in [5.74, 6) is -0.0797. The fourth-order valence-electron chi connectivity index (χ4n) is 3.20. The maximum Gasteiger partial charge on any atom is 0.258 e. The number of rotatable bonds is 7. The summed E-state index contributed by atoms with van der Waals surface area (Å²) < 4.78 is 10.4. The van der Waals surface area contributed by atoms with Crippen LogP contribution in [0, 0.1) is 5.92 Å². The van der Waals surface area contributed by atoms with E-state index in [1.165, 1.54) is 14.2 Å². The summed E-state index contributed by atoms with van der Waals surface area (Å²) >= 11 is 0. The first-order valence-corrected chi connectivity index (χ1v) is 9.26. The monoisotopic (exact) mass is 391 g/mol. The molecule has 0 radical (unpaired) electrons. The van der Waals surface area contributed by atoms with Gasteiger partial charge >= 0.3 is 0 Å². The Morgan fingerprint density at radius 2 is 1.68 bits per heavy atom. The number of carbonyl (C=O) groups excluding carboxylic acids is 3. The van der Waals surface area contributed by atoms with Crippen LogP contribution >= 0.6 is 0 Å². The Hall–Kier alpha value is -2.77. The lowest BCUT2D eigenvalue weighted by Crippen LogP contribution is -2.43. The van der Waals surface area contributed by atoms with Crippen LogP contribution in [0.3, 0.4) is 0 Å². The van der Waals surface area contributed by atoms with Crippen LogP contribution in [-0.4, -0.2) is 62.0 Å². The van der Waals surface area contributed by atoms with Gasteiger partial charge in [0.25, 0.3) is 5.91 Å². The van der Waals surface area contributed by atoms with E-state index in [2.05, 4.69) is 10.6 Å². The fraction of sp³-hybridized carbons (Fsp3) is 0.550. The lowest BCUT2D eigenvalue weighted by atomic mass is 10.1. The van der Waals surface area contributed by atoms with Gasteiger partial charge in [0.1, 0.15) is 17.1 Å². The average molecular weight is 391 g/mol. The lowest BCUT2D eigenvalue weighted by Gasteiger charge is -2.31. The third-order valence-corrected chi connectivity index (χ3v) is 4.67. The van der Waals surface area contributed by atoms with Crippen molar-refractivity contribution < 1.29 is 23.9 Å². The second-order valence-electron chi connectivity index (χ2n) is 7.66. The molecule has 0 aliphatic carbocycles. The molecule has 2 N–H and O–H groups in total. The summed E-state index contributed by atoms with van der Waals surface area (Å²) in [5.41, 5.74) is 0.00878. The molecule has 1 aromatic rings. The molecule has 1 aromatic carbocycles. The number of amides is 3. The third-order valence-electron chi connectivity index (χ3n) is 4.67. The van der Waals surface area contributed by atoms with E-state index in [4.69, 9.17) is 9.47 Å². The smallest absolute Gasteiger partial charge is 0.258 e. The molecule has 1 aliphatic rings. The van der Waals surface area contributed by atoms with Crippen LogP contribution in [0.4, 0.5) is 0 Å². The molecule has 1 heterocycles. The van der Waals surface area contributed by atoms with Crippen molar-refractivity contribution in [1.29, 1.82) is 0 Å². The van der Waals surface area contributed by atoms with Crippen molar-refractivity contribution in [3.05, 3.63) is 23.8 Å². The Kier molecular flexibility index (Phi) is 6.88. The normalized spacial score (nSPS) is 16.7. The minimum absolute atomic E-state index is 0.00998. The molecule has 1 saturated heterocycles. The number of likely N-dealkylation sites (tertiary alicyclic amines) is 1. The van der Waals surface area contributed by atoms with Crippen molar-refractivity contribution in [3.8, 4) is 11.5 Å². The van der Waals surface area contributed by atoms with Gasteiger partial charge in [-0.2, -0.15) is 0 Å². The van der Waals surface area contributed by atoms with Crippen LogP contribution in [0.5, 0.6) is 11.5 Å². The molecule has 8 nitrogen and oxygen atoms in total. The zero-order valence-corrected chi connectivity index (χ0v) is 17.1. The molecule has 3 amide bonds. The van der Waals surface area contributed by atoms with E-state index in [-0.39, 0.29) is 48.7 Å². The largest absolute Gasteiger partial charge is 0.496 e. The van der Waals surface area contributed by atoms with Gasteiger partial charge in [0.2, 0.25) is 11.8 Å². The van der Waals surface area contributed by atoms with E-state index in [0.717, 1.165) is 0 Å². The van der Waals surface area contributed by atoms with E-state index < -0.39 is 0 Å². The number of ether oxygens (including phenoxy) is 2. The summed E-state index contributed by atoms with van der Waals surface area (Å²) in [7, 11) is 2.96. The van der Waals surface area contributed by atoms with Gasteiger partial charge in [-0.15, -0.1) is 0 Å². The Balaban J connectivity index is 1.84. The summed E-state index contributed by atoms with van der Waals surface area (Å²) in [4.78, 5) is 38.6. The first-order valence-electron chi connectivity index (χ1n) is 9.26. The number of carbonyl (C=O) groups is 3. The average Bonchev–Trinajstić information content (AvgIpc) is 3.06. The predicted molar refractivity (Wildman–Crippen MR) is 104 cm³/mol. The minimum atomic E-state index is -0.364. The molecule has 0 bridgehead atoms. The molecular formula is C20H29N3O5. The van der Waals surface area contributed by atoms with Crippen LogP contribution < -0.4 is 20.1 Å². The lowest BCUT2D eigenvalue weighted by molar-refractivity contribution is -0.132. The molecule has 154 valence electrons. The zero-order chi connectivity index (χ0) is 20.9. The van der Waals surface area contributed by atoms with Crippen LogP contribution in [0.15, 0.2) is 18.2 Å². The first-order chi connectivity index (χ1) is 13.2. The van der Waals surface area contributed by atoms with Crippen LogP contribution in [0.2, 0.25) is 0 Å². The molecular weight excluding hydrogens is 362 g/mol. The molecule has 0 spiro atoms. The Bertz CT molecular complexity index is 720. The second-order valence-corrected chi connectivity index (χ2v) is 7.66. The highest BCUT2D eigenvalue weighted by Crippen LogP contribution is 2.28. The Labute approximate surface area is 165 Å². The number of methoxy groups -OCH3 is 2. The Morgan fingerprint density at radius 3 is 2.18 bits per heavy atom. The molecule has 8 heteroatoms. The minimum Gasteiger partial charge on any atom is -0.496 e. The third kappa shape index (κ3) is 4.94. The molecule has 0 aromatic heterocycles. The number of benzene rings is 1. The highest BCUT2D eigenvalue weighted by atomic mass is 16.5. The standard InChI is InChI=1S/C20H29N3O5/c1-20(2,3)23-12-13(11-16(23)24)18(25)21-9-10-22-19(26)17-14(27-4)7-6-8-15(17)28-5/h6-8,13H,9-12H2,1-5H3,(H,21,25)(H,22,26). The summed E-state index contributed by atoms with van der Waals surface area (Å²) in [6.45, 7) is 6.78. The maximum absolute atomic E-state index is 12.5. The van der Waals surface area contributed by atoms with Gasteiger partial charge in [-0.3, -0.25) is 14.4 Å². The topological polar surface area (TPSA) is 97.0 Å². The van der Waals surface area contributed by atoms with Crippen molar-refractivity contribution in [2.24, 2.45) is 5.92 Å². The fourth-order valence-corrected chi connectivity index (χ4v) is 3.20. The van der Waals surface area contributed by atoms with Crippen LogP contribution in [-0.2, 0) is 9.59 Å². The SMILES string of the molecule is COc1cccc(OC)c1C(=O)NCCNC(=O)C1CC(=O)N(C(C)(C)C)C1. The second kappa shape index (κ2) is 8.95. The molecule has 28 heavy (non-hydrogen) atoms. The van der Waals surface area contributed by atoms with Crippen LogP contribution in [0.25, 0.3) is 0 Å². The van der Waals surface area contributed by atoms with Crippen LogP contribution in [0.1, 0.15) is 37.6 Å². The van der Waals surface area contributed by atoms with Gasteiger partial charge in [0.15, 0.2) is 0 Å². The summed E-state index contributed by atoms with van der Waals surface area (Å²) in [5, 5.41) is 5.53. The molecule has 2 rings (SSSR count). The van der Waals surface area contributed by atoms with Crippen molar-refractivity contribution >= 4 is 17.7 Å². The zero-order valence-electron chi connectivity index (χ0n) is 17.1. The van der Waals surface area contributed by atoms with E-state index in [1.807, 2.05) is 20.8 Å². The van der Waals surface area contributed by atoms with Gasteiger partial charge in [-0.05, 0) is 32.9 Å². The molecule has 1 unspecified atom stereocenters. The predicted octanol–water partition coefficient (Wildman–Crippen LogP) is 1.20.